The Morgan fingerprint density at radius 1 is 1.32 bits per heavy atom. The Balaban J connectivity index is 1.22. The molecule has 0 spiro atoms. The molecule has 8 heteroatoms. The summed E-state index contributed by atoms with van der Waals surface area (Å²) < 4.78 is 21.4. The molecule has 3 aromatic heterocycles. The van der Waals surface area contributed by atoms with Crippen molar-refractivity contribution in [1.29, 1.82) is 0 Å². The van der Waals surface area contributed by atoms with Crippen molar-refractivity contribution in [2.75, 3.05) is 26.2 Å². The zero-order valence-corrected chi connectivity index (χ0v) is 17.1. The maximum absolute atomic E-state index is 14.7. The Morgan fingerprint density at radius 2 is 2.16 bits per heavy atom. The van der Waals surface area contributed by atoms with E-state index in [0.717, 1.165) is 44.4 Å². The summed E-state index contributed by atoms with van der Waals surface area (Å²) in [6, 6.07) is 7.16. The van der Waals surface area contributed by atoms with Crippen LogP contribution in [0.15, 0.2) is 52.0 Å². The first-order valence-electron chi connectivity index (χ1n) is 10.6. The summed E-state index contributed by atoms with van der Waals surface area (Å²) in [6.45, 7) is 2.69. The highest BCUT2D eigenvalue weighted by molar-refractivity contribution is 5.81. The lowest BCUT2D eigenvalue weighted by molar-refractivity contribution is -0.0158. The van der Waals surface area contributed by atoms with Gasteiger partial charge < -0.3 is 19.4 Å². The number of pyridine rings is 2. The van der Waals surface area contributed by atoms with Crippen molar-refractivity contribution in [2.45, 2.75) is 31.0 Å². The molecule has 0 amide bonds. The van der Waals surface area contributed by atoms with Gasteiger partial charge in [-0.05, 0) is 50.2 Å². The molecule has 2 aliphatic heterocycles. The molecule has 7 nitrogen and oxygen atoms in total. The number of piperidine rings is 1. The van der Waals surface area contributed by atoms with Crippen LogP contribution in [0.1, 0.15) is 24.2 Å². The number of aromatic nitrogens is 2. The van der Waals surface area contributed by atoms with Gasteiger partial charge in [-0.3, -0.25) is 14.7 Å². The molecule has 5 heterocycles. The van der Waals surface area contributed by atoms with Crippen molar-refractivity contribution >= 4 is 17.1 Å². The maximum atomic E-state index is 14.7. The minimum atomic E-state index is -1.44. The third-order valence-electron chi connectivity index (χ3n) is 6.26. The van der Waals surface area contributed by atoms with E-state index in [1.165, 1.54) is 10.6 Å². The average molecular weight is 424 g/mol. The van der Waals surface area contributed by atoms with Crippen molar-refractivity contribution in [3.05, 3.63) is 70.3 Å². The van der Waals surface area contributed by atoms with Gasteiger partial charge in [0.05, 0.1) is 35.6 Å². The van der Waals surface area contributed by atoms with Gasteiger partial charge in [-0.15, -0.1) is 0 Å². The molecule has 5 rings (SSSR count). The largest absolute Gasteiger partial charge is 0.465 e. The normalized spacial score (nSPS) is 22.1. The molecule has 162 valence electrons. The lowest BCUT2D eigenvalue weighted by atomic mass is 9.93. The number of hydrogen-bond acceptors (Lipinski definition) is 6. The molecule has 1 saturated heterocycles. The zero-order valence-electron chi connectivity index (χ0n) is 17.1. The Bertz CT molecular complexity index is 1170. The van der Waals surface area contributed by atoms with E-state index in [9.17, 15) is 14.3 Å². The number of nitrogens with zero attached hydrogens (tertiary/aromatic N) is 3. The fourth-order valence-electron chi connectivity index (χ4n) is 4.77. The molecule has 2 N–H and O–H groups in total. The van der Waals surface area contributed by atoms with E-state index in [-0.39, 0.29) is 24.2 Å². The number of likely N-dealkylation sites (tertiary alicyclic amines) is 1. The van der Waals surface area contributed by atoms with Crippen LogP contribution in [0, 0.1) is 5.82 Å². The summed E-state index contributed by atoms with van der Waals surface area (Å²) in [5.41, 5.74) is -0.557. The van der Waals surface area contributed by atoms with Crippen LogP contribution in [-0.4, -0.2) is 51.8 Å². The lowest BCUT2D eigenvalue weighted by Crippen LogP contribution is -2.48. The van der Waals surface area contributed by atoms with Crippen LogP contribution in [-0.2, 0) is 12.1 Å². The van der Waals surface area contributed by atoms with E-state index in [4.69, 9.17) is 4.42 Å². The summed E-state index contributed by atoms with van der Waals surface area (Å²) in [6.07, 6.45) is 8.64. The number of halogens is 1. The second kappa shape index (κ2) is 8.03. The van der Waals surface area contributed by atoms with E-state index in [2.05, 4.69) is 15.2 Å². The van der Waals surface area contributed by atoms with Gasteiger partial charge in [0, 0.05) is 25.2 Å². The summed E-state index contributed by atoms with van der Waals surface area (Å²) >= 11 is 0. The maximum Gasteiger partial charge on any atom is 0.251 e. The predicted octanol–water partition coefficient (Wildman–Crippen LogP) is 2.10. The molecule has 0 saturated carbocycles. The molecule has 1 fully saturated rings. The Morgan fingerprint density at radius 3 is 2.94 bits per heavy atom. The van der Waals surface area contributed by atoms with Crippen LogP contribution < -0.4 is 10.9 Å². The monoisotopic (exact) mass is 424 g/mol. The molecule has 0 unspecified atom stereocenters. The van der Waals surface area contributed by atoms with E-state index in [1.807, 2.05) is 24.3 Å². The van der Waals surface area contributed by atoms with Gasteiger partial charge in [0.2, 0.25) is 0 Å². The summed E-state index contributed by atoms with van der Waals surface area (Å²) in [5.74, 6) is 0.269. The number of aliphatic hydroxyl groups is 1. The smallest absolute Gasteiger partial charge is 0.251 e. The van der Waals surface area contributed by atoms with Crippen LogP contribution in [0.5, 0.6) is 0 Å². The van der Waals surface area contributed by atoms with Crippen molar-refractivity contribution in [3.8, 4) is 0 Å². The number of hydrogen-bond donors (Lipinski definition) is 2. The Hall–Kier alpha value is -2.81. The quantitative estimate of drug-likeness (QED) is 0.631. The van der Waals surface area contributed by atoms with Crippen LogP contribution in [0.25, 0.3) is 17.1 Å². The fraction of sp³-hybridized carbons (Fsp3) is 0.391. The second-order valence-corrected chi connectivity index (χ2v) is 8.38. The molecule has 3 aromatic rings. The van der Waals surface area contributed by atoms with Crippen molar-refractivity contribution in [3.63, 3.8) is 0 Å². The first kappa shape index (κ1) is 20.1. The van der Waals surface area contributed by atoms with Crippen LogP contribution in [0.4, 0.5) is 4.39 Å². The molecular weight excluding hydrogens is 399 g/mol. The predicted molar refractivity (Wildman–Crippen MR) is 115 cm³/mol. The minimum absolute atomic E-state index is 0.0525. The van der Waals surface area contributed by atoms with Gasteiger partial charge in [-0.2, -0.15) is 0 Å². The third kappa shape index (κ3) is 3.82. The van der Waals surface area contributed by atoms with E-state index in [1.54, 1.807) is 12.3 Å². The van der Waals surface area contributed by atoms with Gasteiger partial charge in [-0.25, -0.2) is 4.39 Å². The number of β-amino-alcohol motifs (C(OH)–C–C–N with tert-alkyl or cyclic N) is 1. The van der Waals surface area contributed by atoms with Gasteiger partial charge in [0.25, 0.3) is 5.56 Å². The minimum Gasteiger partial charge on any atom is -0.465 e. The van der Waals surface area contributed by atoms with Crippen LogP contribution in [0.3, 0.4) is 0 Å². The van der Waals surface area contributed by atoms with Crippen molar-refractivity contribution in [2.24, 2.45) is 0 Å². The van der Waals surface area contributed by atoms with Gasteiger partial charge in [0.15, 0.2) is 0 Å². The van der Waals surface area contributed by atoms with Gasteiger partial charge in [0.1, 0.15) is 17.2 Å². The fourth-order valence-corrected chi connectivity index (χ4v) is 4.77. The van der Waals surface area contributed by atoms with E-state index in [0.29, 0.717) is 17.1 Å². The second-order valence-electron chi connectivity index (χ2n) is 8.38. The Labute approximate surface area is 178 Å². The highest BCUT2D eigenvalue weighted by atomic mass is 19.1. The van der Waals surface area contributed by atoms with Crippen LogP contribution in [0.2, 0.25) is 0 Å². The first-order valence-corrected chi connectivity index (χ1v) is 10.6. The molecule has 0 radical (unpaired) electrons. The molecule has 1 atom stereocenters. The highest BCUT2D eigenvalue weighted by Crippen LogP contribution is 2.37. The molecule has 2 aliphatic rings. The van der Waals surface area contributed by atoms with E-state index < -0.39 is 11.4 Å². The molecule has 0 aliphatic carbocycles. The van der Waals surface area contributed by atoms with Gasteiger partial charge in [-0.1, -0.05) is 6.08 Å². The molecule has 0 bridgehead atoms. The lowest BCUT2D eigenvalue weighted by Gasteiger charge is -2.37. The highest BCUT2D eigenvalue weighted by Gasteiger charge is 2.43. The summed E-state index contributed by atoms with van der Waals surface area (Å²) in [7, 11) is 0. The van der Waals surface area contributed by atoms with Gasteiger partial charge >= 0.3 is 0 Å². The average Bonchev–Trinajstić information content (AvgIpc) is 3.38. The number of furan rings is 1. The van der Waals surface area contributed by atoms with Crippen LogP contribution >= 0.6 is 0 Å². The first-order chi connectivity index (χ1) is 15.0. The SMILES string of the molecule is O=c1ccc2ncc(F)c3c2n1C[C@@]3(O)CN1CCC(NCC=Cc2ccco2)CC1. The molecule has 31 heavy (non-hydrogen) atoms. The topological polar surface area (TPSA) is 83.5 Å². The summed E-state index contributed by atoms with van der Waals surface area (Å²) in [4.78, 5) is 18.5. The third-order valence-corrected chi connectivity index (χ3v) is 6.26. The zero-order chi connectivity index (χ0) is 21.4. The number of rotatable bonds is 6. The molecule has 0 aromatic carbocycles. The summed E-state index contributed by atoms with van der Waals surface area (Å²) in [5, 5.41) is 14.9. The van der Waals surface area contributed by atoms with Crippen molar-refractivity contribution in [1.82, 2.24) is 19.8 Å². The standard InChI is InChI=1S/C23H25FN4O3/c24-18-13-26-19-5-6-20(29)28-15-23(30,21(18)22(19)28)14-27-10-7-16(8-11-27)25-9-1-3-17-4-2-12-31-17/h1-6,12-13,16,25,30H,7-11,14-15H2/t23-/m0/s1. The molecular formula is C23H25FN4O3. The van der Waals surface area contributed by atoms with Crippen molar-refractivity contribution < 1.29 is 13.9 Å². The van der Waals surface area contributed by atoms with E-state index >= 15 is 0 Å². The number of nitrogens with one attached hydrogen (secondary N) is 1. The Kier molecular flexibility index (Phi) is 5.21.